The van der Waals surface area contributed by atoms with Gasteiger partial charge in [0, 0.05) is 5.56 Å². The molecule has 0 aromatic heterocycles. The van der Waals surface area contributed by atoms with Crippen molar-refractivity contribution in [1.29, 1.82) is 0 Å². The second-order valence-electron chi connectivity index (χ2n) is 6.16. The van der Waals surface area contributed by atoms with E-state index < -0.39 is 12.1 Å². The van der Waals surface area contributed by atoms with Crippen LogP contribution in [0.5, 0.6) is 5.75 Å². The van der Waals surface area contributed by atoms with Crippen molar-refractivity contribution in [3.8, 4) is 5.75 Å². The van der Waals surface area contributed by atoms with Crippen LogP contribution in [0.3, 0.4) is 0 Å². The summed E-state index contributed by atoms with van der Waals surface area (Å²) in [5.74, 6) is 0.0627. The minimum atomic E-state index is -0.814. The van der Waals surface area contributed by atoms with E-state index in [1.54, 1.807) is 25.1 Å². The SMILES string of the molecule is CC=C(C(=O)OC)c1ccccc1C(Oc1cc(C)ccc1C)C(C)=O. The predicted molar refractivity (Wildman–Crippen MR) is 102 cm³/mol. The molecule has 0 aliphatic rings. The number of aryl methyl sites for hydroxylation is 2. The van der Waals surface area contributed by atoms with Crippen LogP contribution in [0.4, 0.5) is 0 Å². The average molecular weight is 352 g/mol. The Morgan fingerprint density at radius 3 is 2.38 bits per heavy atom. The molecule has 136 valence electrons. The van der Waals surface area contributed by atoms with E-state index in [0.29, 0.717) is 22.4 Å². The number of allylic oxidation sites excluding steroid dienone is 1. The van der Waals surface area contributed by atoms with E-state index >= 15 is 0 Å². The molecule has 2 rings (SSSR count). The lowest BCUT2D eigenvalue weighted by Gasteiger charge is -2.22. The van der Waals surface area contributed by atoms with Crippen molar-refractivity contribution < 1.29 is 19.1 Å². The van der Waals surface area contributed by atoms with Gasteiger partial charge in [-0.15, -0.1) is 0 Å². The topological polar surface area (TPSA) is 52.6 Å². The van der Waals surface area contributed by atoms with Crippen LogP contribution in [0.2, 0.25) is 0 Å². The van der Waals surface area contributed by atoms with Crippen molar-refractivity contribution in [3.05, 3.63) is 70.8 Å². The number of esters is 1. The van der Waals surface area contributed by atoms with Crippen molar-refractivity contribution in [2.24, 2.45) is 0 Å². The van der Waals surface area contributed by atoms with Gasteiger partial charge in [0.25, 0.3) is 0 Å². The average Bonchev–Trinajstić information content (AvgIpc) is 2.63. The maximum absolute atomic E-state index is 12.4. The molecule has 1 atom stereocenters. The van der Waals surface area contributed by atoms with Crippen molar-refractivity contribution in [2.75, 3.05) is 7.11 Å². The molecule has 0 bridgehead atoms. The maximum atomic E-state index is 12.4. The van der Waals surface area contributed by atoms with E-state index in [2.05, 4.69) is 0 Å². The Balaban J connectivity index is 2.54. The summed E-state index contributed by atoms with van der Waals surface area (Å²) in [5, 5.41) is 0. The smallest absolute Gasteiger partial charge is 0.338 e. The number of methoxy groups -OCH3 is 1. The summed E-state index contributed by atoms with van der Waals surface area (Å²) in [7, 11) is 1.34. The van der Waals surface area contributed by atoms with Crippen LogP contribution in [-0.4, -0.2) is 18.9 Å². The molecule has 0 heterocycles. The molecule has 4 nitrogen and oxygen atoms in total. The predicted octanol–water partition coefficient (Wildman–Crippen LogP) is 4.59. The molecule has 4 heteroatoms. The van der Waals surface area contributed by atoms with E-state index in [9.17, 15) is 9.59 Å². The van der Waals surface area contributed by atoms with Gasteiger partial charge in [0.2, 0.25) is 0 Å². The Hall–Kier alpha value is -2.88. The monoisotopic (exact) mass is 352 g/mol. The molecule has 1 unspecified atom stereocenters. The molecule has 0 aliphatic heterocycles. The number of hydrogen-bond acceptors (Lipinski definition) is 4. The van der Waals surface area contributed by atoms with Gasteiger partial charge >= 0.3 is 5.97 Å². The number of ether oxygens (including phenoxy) is 2. The van der Waals surface area contributed by atoms with Crippen LogP contribution in [0.15, 0.2) is 48.5 Å². The van der Waals surface area contributed by atoms with Crippen molar-refractivity contribution in [3.63, 3.8) is 0 Å². The minimum Gasteiger partial charge on any atom is -0.478 e. The molecule has 0 fully saturated rings. The van der Waals surface area contributed by atoms with Crippen molar-refractivity contribution in [1.82, 2.24) is 0 Å². The molecule has 0 radical (unpaired) electrons. The van der Waals surface area contributed by atoms with Gasteiger partial charge in [0.15, 0.2) is 11.9 Å². The minimum absolute atomic E-state index is 0.140. The van der Waals surface area contributed by atoms with Crippen LogP contribution >= 0.6 is 0 Å². The fourth-order valence-electron chi connectivity index (χ4n) is 2.79. The fourth-order valence-corrected chi connectivity index (χ4v) is 2.79. The molecule has 2 aromatic rings. The molecular weight excluding hydrogens is 328 g/mol. The summed E-state index contributed by atoms with van der Waals surface area (Å²) < 4.78 is 11.0. The molecule has 0 saturated heterocycles. The molecular formula is C22H24O4. The molecule has 0 spiro atoms. The Kier molecular flexibility index (Phi) is 6.34. The lowest BCUT2D eigenvalue weighted by atomic mass is 9.94. The molecule has 26 heavy (non-hydrogen) atoms. The highest BCUT2D eigenvalue weighted by Gasteiger charge is 2.25. The largest absolute Gasteiger partial charge is 0.478 e. The lowest BCUT2D eigenvalue weighted by Crippen LogP contribution is -2.19. The number of carbonyl (C=O) groups excluding carboxylic acids is 2. The van der Waals surface area contributed by atoms with E-state index in [4.69, 9.17) is 9.47 Å². The third kappa shape index (κ3) is 4.20. The number of rotatable bonds is 6. The zero-order valence-electron chi connectivity index (χ0n) is 15.8. The zero-order valence-corrected chi connectivity index (χ0v) is 15.8. The van der Waals surface area contributed by atoms with Crippen LogP contribution in [0, 0.1) is 13.8 Å². The first-order valence-electron chi connectivity index (χ1n) is 8.47. The fraction of sp³-hybridized carbons (Fsp3) is 0.273. The first-order chi connectivity index (χ1) is 12.4. The van der Waals surface area contributed by atoms with E-state index in [1.165, 1.54) is 14.0 Å². The first-order valence-corrected chi connectivity index (χ1v) is 8.47. The van der Waals surface area contributed by atoms with Gasteiger partial charge in [0.1, 0.15) is 5.75 Å². The zero-order chi connectivity index (χ0) is 19.3. The van der Waals surface area contributed by atoms with E-state index in [-0.39, 0.29) is 5.78 Å². The summed E-state index contributed by atoms with van der Waals surface area (Å²) in [4.78, 5) is 24.5. The number of Topliss-reactive ketones (excluding diaryl/α,β-unsaturated/α-hetero) is 1. The molecule has 2 aromatic carbocycles. The van der Waals surface area contributed by atoms with Gasteiger partial charge in [-0.05, 0) is 50.5 Å². The highest BCUT2D eigenvalue weighted by atomic mass is 16.5. The van der Waals surface area contributed by atoms with Gasteiger partial charge in [-0.25, -0.2) is 4.79 Å². The Bertz CT molecular complexity index is 849. The van der Waals surface area contributed by atoms with Crippen LogP contribution in [-0.2, 0) is 14.3 Å². The number of carbonyl (C=O) groups is 2. The van der Waals surface area contributed by atoms with Crippen LogP contribution in [0.25, 0.3) is 5.57 Å². The van der Waals surface area contributed by atoms with Crippen LogP contribution < -0.4 is 4.74 Å². The van der Waals surface area contributed by atoms with Gasteiger partial charge in [-0.2, -0.15) is 0 Å². The molecule has 0 amide bonds. The normalized spacial score (nSPS) is 12.4. The quantitative estimate of drug-likeness (QED) is 0.564. The van der Waals surface area contributed by atoms with Gasteiger partial charge in [0.05, 0.1) is 12.7 Å². The summed E-state index contributed by atoms with van der Waals surface area (Å²) in [5.41, 5.74) is 3.66. The van der Waals surface area contributed by atoms with Crippen LogP contribution in [0.1, 0.15) is 42.2 Å². The van der Waals surface area contributed by atoms with E-state index in [0.717, 1.165) is 11.1 Å². The third-order valence-electron chi connectivity index (χ3n) is 4.19. The summed E-state index contributed by atoms with van der Waals surface area (Å²) in [6.45, 7) is 7.15. The molecule has 0 N–H and O–H groups in total. The van der Waals surface area contributed by atoms with Gasteiger partial charge in [-0.1, -0.05) is 42.5 Å². The van der Waals surface area contributed by atoms with Crippen molar-refractivity contribution in [2.45, 2.75) is 33.8 Å². The number of benzene rings is 2. The lowest BCUT2D eigenvalue weighted by molar-refractivity contribution is -0.133. The Labute approximate surface area is 154 Å². The van der Waals surface area contributed by atoms with E-state index in [1.807, 2.05) is 44.2 Å². The van der Waals surface area contributed by atoms with Gasteiger partial charge in [-0.3, -0.25) is 4.79 Å². The Morgan fingerprint density at radius 2 is 1.77 bits per heavy atom. The Morgan fingerprint density at radius 1 is 1.08 bits per heavy atom. The second kappa shape index (κ2) is 8.48. The second-order valence-corrected chi connectivity index (χ2v) is 6.16. The molecule has 0 saturated carbocycles. The van der Waals surface area contributed by atoms with Gasteiger partial charge < -0.3 is 9.47 Å². The highest BCUT2D eigenvalue weighted by molar-refractivity contribution is 6.17. The highest BCUT2D eigenvalue weighted by Crippen LogP contribution is 2.31. The summed E-state index contributed by atoms with van der Waals surface area (Å²) in [6.07, 6.45) is 0.867. The first kappa shape index (κ1) is 19.4. The summed E-state index contributed by atoms with van der Waals surface area (Å²) in [6, 6.07) is 13.1. The standard InChI is InChI=1S/C22H24O4/c1-6-17(22(24)25-5)18-9-7-8-10-19(18)21(16(4)23)26-20-13-14(2)11-12-15(20)3/h6-13,21H,1-5H3. The maximum Gasteiger partial charge on any atom is 0.338 e. The van der Waals surface area contributed by atoms with Crippen molar-refractivity contribution >= 4 is 17.3 Å². The molecule has 0 aliphatic carbocycles. The number of hydrogen-bond donors (Lipinski definition) is 0. The summed E-state index contributed by atoms with van der Waals surface area (Å²) >= 11 is 0. The number of ketones is 1. The third-order valence-corrected chi connectivity index (χ3v) is 4.19.